The monoisotopic (exact) mass is 248 g/mol. The fourth-order valence-corrected chi connectivity index (χ4v) is 2.93. The zero-order valence-electron chi connectivity index (χ0n) is 11.0. The predicted molar refractivity (Wildman–Crippen MR) is 69.9 cm³/mol. The lowest BCUT2D eigenvalue weighted by Gasteiger charge is -2.24. The largest absolute Gasteiger partial charge is 0.475 e. The molecule has 1 aromatic rings. The summed E-state index contributed by atoms with van der Waals surface area (Å²) < 4.78 is 5.63. The molecule has 0 spiro atoms. The Labute approximate surface area is 108 Å². The van der Waals surface area contributed by atoms with Gasteiger partial charge in [0.05, 0.1) is 6.10 Å². The van der Waals surface area contributed by atoms with Crippen LogP contribution in [-0.4, -0.2) is 41.7 Å². The standard InChI is InChI=1S/C13H20N4O/c1-9(2)18-13-5-12(15-8-16-13)17-4-3-10-6-14-7-11(10)17/h5,8-11,14H,3-4,6-7H2,1-2H3/t10-,11+/m0/s1. The second-order valence-electron chi connectivity index (χ2n) is 5.35. The first kappa shape index (κ1) is 11.7. The molecule has 0 saturated carbocycles. The third-order valence-electron chi connectivity index (χ3n) is 3.72. The molecular weight excluding hydrogens is 228 g/mol. The summed E-state index contributed by atoms with van der Waals surface area (Å²) in [6, 6.07) is 2.55. The predicted octanol–water partition coefficient (Wildman–Crippen LogP) is 1.06. The van der Waals surface area contributed by atoms with Gasteiger partial charge in [-0.25, -0.2) is 9.97 Å². The van der Waals surface area contributed by atoms with Crippen molar-refractivity contribution in [2.24, 2.45) is 5.92 Å². The Morgan fingerprint density at radius 2 is 2.28 bits per heavy atom. The lowest BCUT2D eigenvalue weighted by atomic mass is 10.1. The fourth-order valence-electron chi connectivity index (χ4n) is 2.93. The molecule has 5 nitrogen and oxygen atoms in total. The van der Waals surface area contributed by atoms with Crippen LogP contribution >= 0.6 is 0 Å². The van der Waals surface area contributed by atoms with Crippen molar-refractivity contribution in [2.45, 2.75) is 32.4 Å². The number of ether oxygens (including phenoxy) is 1. The summed E-state index contributed by atoms with van der Waals surface area (Å²) >= 11 is 0. The van der Waals surface area contributed by atoms with Gasteiger partial charge >= 0.3 is 0 Å². The highest BCUT2D eigenvalue weighted by molar-refractivity contribution is 5.44. The first-order valence-electron chi connectivity index (χ1n) is 6.70. The second-order valence-corrected chi connectivity index (χ2v) is 5.35. The Morgan fingerprint density at radius 1 is 1.39 bits per heavy atom. The third kappa shape index (κ3) is 2.14. The normalized spacial score (nSPS) is 26.7. The topological polar surface area (TPSA) is 50.3 Å². The average Bonchev–Trinajstić information content (AvgIpc) is 2.89. The highest BCUT2D eigenvalue weighted by atomic mass is 16.5. The molecule has 0 amide bonds. The molecule has 0 radical (unpaired) electrons. The van der Waals surface area contributed by atoms with Gasteiger partial charge in [0.1, 0.15) is 12.1 Å². The van der Waals surface area contributed by atoms with Gasteiger partial charge in [-0.2, -0.15) is 0 Å². The SMILES string of the molecule is CC(C)Oc1cc(N2CC[C@H]3CNC[C@H]32)ncn1. The number of aromatic nitrogens is 2. The van der Waals surface area contributed by atoms with Gasteiger partial charge in [0.25, 0.3) is 0 Å². The second kappa shape index (κ2) is 4.72. The maximum atomic E-state index is 5.63. The van der Waals surface area contributed by atoms with E-state index in [9.17, 15) is 0 Å². The summed E-state index contributed by atoms with van der Waals surface area (Å²) in [6.07, 6.45) is 3.00. The Balaban J connectivity index is 1.79. The maximum absolute atomic E-state index is 5.63. The molecule has 3 heterocycles. The van der Waals surface area contributed by atoms with Gasteiger partial charge in [0.15, 0.2) is 0 Å². The van der Waals surface area contributed by atoms with Crippen LogP contribution in [0.2, 0.25) is 0 Å². The van der Waals surface area contributed by atoms with E-state index in [2.05, 4.69) is 20.2 Å². The summed E-state index contributed by atoms with van der Waals surface area (Å²) in [5, 5.41) is 3.45. The van der Waals surface area contributed by atoms with Gasteiger partial charge in [-0.1, -0.05) is 0 Å². The van der Waals surface area contributed by atoms with Crippen LogP contribution in [0.3, 0.4) is 0 Å². The quantitative estimate of drug-likeness (QED) is 0.867. The van der Waals surface area contributed by atoms with E-state index < -0.39 is 0 Å². The van der Waals surface area contributed by atoms with Crippen LogP contribution in [0.15, 0.2) is 12.4 Å². The molecule has 0 unspecified atom stereocenters. The van der Waals surface area contributed by atoms with Crippen molar-refractivity contribution >= 4 is 5.82 Å². The van der Waals surface area contributed by atoms with E-state index in [0.29, 0.717) is 11.9 Å². The molecule has 0 bridgehead atoms. The molecule has 2 fully saturated rings. The molecule has 1 aromatic heterocycles. The maximum Gasteiger partial charge on any atom is 0.218 e. The van der Waals surface area contributed by atoms with Crippen molar-refractivity contribution in [2.75, 3.05) is 24.5 Å². The number of hydrogen-bond acceptors (Lipinski definition) is 5. The van der Waals surface area contributed by atoms with Gasteiger partial charge in [-0.15, -0.1) is 0 Å². The lowest BCUT2D eigenvalue weighted by Crippen LogP contribution is -2.34. The molecule has 2 aliphatic rings. The first-order valence-corrected chi connectivity index (χ1v) is 6.70. The van der Waals surface area contributed by atoms with E-state index in [0.717, 1.165) is 31.4 Å². The Morgan fingerprint density at radius 3 is 3.11 bits per heavy atom. The van der Waals surface area contributed by atoms with Gasteiger partial charge in [0, 0.05) is 31.7 Å². The van der Waals surface area contributed by atoms with Crippen molar-refractivity contribution < 1.29 is 4.74 Å². The highest BCUT2D eigenvalue weighted by Gasteiger charge is 2.38. The zero-order chi connectivity index (χ0) is 12.5. The third-order valence-corrected chi connectivity index (χ3v) is 3.72. The smallest absolute Gasteiger partial charge is 0.218 e. The molecule has 2 aliphatic heterocycles. The summed E-state index contributed by atoms with van der Waals surface area (Å²) in [7, 11) is 0. The lowest BCUT2D eigenvalue weighted by molar-refractivity contribution is 0.232. The van der Waals surface area contributed by atoms with E-state index in [1.807, 2.05) is 19.9 Å². The van der Waals surface area contributed by atoms with E-state index >= 15 is 0 Å². The summed E-state index contributed by atoms with van der Waals surface area (Å²) in [6.45, 7) is 7.31. The van der Waals surface area contributed by atoms with Crippen LogP contribution in [0.1, 0.15) is 20.3 Å². The van der Waals surface area contributed by atoms with Gasteiger partial charge in [-0.05, 0) is 26.2 Å². The van der Waals surface area contributed by atoms with Crippen LogP contribution in [0, 0.1) is 5.92 Å². The van der Waals surface area contributed by atoms with Crippen molar-refractivity contribution in [3.8, 4) is 5.88 Å². The number of rotatable bonds is 3. The Bertz CT molecular complexity index is 423. The molecule has 0 aromatic carbocycles. The van der Waals surface area contributed by atoms with Crippen LogP contribution < -0.4 is 15.0 Å². The minimum Gasteiger partial charge on any atom is -0.475 e. The minimum atomic E-state index is 0.146. The van der Waals surface area contributed by atoms with Crippen LogP contribution in [-0.2, 0) is 0 Å². The molecule has 0 aliphatic carbocycles. The minimum absolute atomic E-state index is 0.146. The van der Waals surface area contributed by atoms with E-state index in [-0.39, 0.29) is 6.10 Å². The number of anilines is 1. The summed E-state index contributed by atoms with van der Waals surface area (Å²) in [5.41, 5.74) is 0. The zero-order valence-corrected chi connectivity index (χ0v) is 11.0. The van der Waals surface area contributed by atoms with Crippen LogP contribution in [0.5, 0.6) is 5.88 Å². The highest BCUT2D eigenvalue weighted by Crippen LogP contribution is 2.31. The van der Waals surface area contributed by atoms with Crippen molar-refractivity contribution in [1.29, 1.82) is 0 Å². The molecule has 2 atom stereocenters. The molecule has 98 valence electrons. The fraction of sp³-hybridized carbons (Fsp3) is 0.692. The summed E-state index contributed by atoms with van der Waals surface area (Å²) in [4.78, 5) is 10.9. The van der Waals surface area contributed by atoms with Crippen molar-refractivity contribution in [1.82, 2.24) is 15.3 Å². The Kier molecular flexibility index (Phi) is 3.07. The molecule has 3 rings (SSSR count). The molecule has 1 N–H and O–H groups in total. The number of nitrogens with zero attached hydrogens (tertiary/aromatic N) is 3. The van der Waals surface area contributed by atoms with Gasteiger partial charge in [-0.3, -0.25) is 0 Å². The summed E-state index contributed by atoms with van der Waals surface area (Å²) in [5.74, 6) is 2.44. The van der Waals surface area contributed by atoms with Crippen molar-refractivity contribution in [3.05, 3.63) is 12.4 Å². The van der Waals surface area contributed by atoms with E-state index in [1.54, 1.807) is 6.33 Å². The molecule has 18 heavy (non-hydrogen) atoms. The first-order chi connectivity index (χ1) is 8.74. The van der Waals surface area contributed by atoms with E-state index in [4.69, 9.17) is 4.74 Å². The van der Waals surface area contributed by atoms with Crippen LogP contribution in [0.25, 0.3) is 0 Å². The number of hydrogen-bond donors (Lipinski definition) is 1. The molecular formula is C13H20N4O. The van der Waals surface area contributed by atoms with Crippen LogP contribution in [0.4, 0.5) is 5.82 Å². The Hall–Kier alpha value is -1.36. The number of nitrogens with one attached hydrogen (secondary N) is 1. The van der Waals surface area contributed by atoms with Crippen molar-refractivity contribution in [3.63, 3.8) is 0 Å². The number of fused-ring (bicyclic) bond motifs is 1. The van der Waals surface area contributed by atoms with Gasteiger partial charge < -0.3 is 15.0 Å². The van der Waals surface area contributed by atoms with E-state index in [1.165, 1.54) is 6.42 Å². The average molecular weight is 248 g/mol. The van der Waals surface area contributed by atoms with Gasteiger partial charge in [0.2, 0.25) is 5.88 Å². The molecule has 2 saturated heterocycles. The molecule has 5 heteroatoms.